The molecule has 27 heavy (non-hydrogen) atoms. The Kier molecular flexibility index (Phi) is 5.47. The number of pyridine rings is 1. The molecule has 8 heteroatoms. The Morgan fingerprint density at radius 3 is 2.67 bits per heavy atom. The Labute approximate surface area is 167 Å². The standard InChI is InChI=1S/C19H28ClN5OSi/c1-19(2,3)27(4,5)26-12-13-10-25(11-14-8-6-7-9-22-14)17-15(13)16(20)23-18(21)24-17/h6-9,13H,10-12H2,1-5H3,(H2,21,23,24). The smallest absolute Gasteiger partial charge is 0.223 e. The number of rotatable bonds is 5. The molecule has 2 aromatic rings. The molecule has 3 rings (SSSR count). The quantitative estimate of drug-likeness (QED) is 0.592. The zero-order valence-corrected chi connectivity index (χ0v) is 18.4. The van der Waals surface area contributed by atoms with Gasteiger partial charge in [-0.1, -0.05) is 38.4 Å². The number of nitrogens with two attached hydrogens (primary N) is 1. The van der Waals surface area contributed by atoms with Gasteiger partial charge in [-0.2, -0.15) is 4.98 Å². The second kappa shape index (κ2) is 7.37. The first kappa shape index (κ1) is 20.0. The summed E-state index contributed by atoms with van der Waals surface area (Å²) in [5.41, 5.74) is 7.77. The van der Waals surface area contributed by atoms with Crippen molar-refractivity contribution < 1.29 is 4.43 Å². The molecule has 0 bridgehead atoms. The van der Waals surface area contributed by atoms with Crippen LogP contribution in [0.3, 0.4) is 0 Å². The van der Waals surface area contributed by atoms with Crippen LogP contribution in [0.2, 0.25) is 23.3 Å². The largest absolute Gasteiger partial charge is 0.416 e. The molecule has 0 fully saturated rings. The van der Waals surface area contributed by atoms with Crippen molar-refractivity contribution in [2.24, 2.45) is 0 Å². The number of hydrogen-bond donors (Lipinski definition) is 1. The molecule has 0 aliphatic carbocycles. The highest BCUT2D eigenvalue weighted by atomic mass is 35.5. The van der Waals surface area contributed by atoms with Crippen LogP contribution < -0.4 is 10.6 Å². The Morgan fingerprint density at radius 1 is 1.30 bits per heavy atom. The third-order valence-corrected chi connectivity index (χ3v) is 10.4. The van der Waals surface area contributed by atoms with Crippen LogP contribution in [-0.4, -0.2) is 36.4 Å². The molecule has 1 aliphatic heterocycles. The maximum Gasteiger partial charge on any atom is 0.223 e. The lowest BCUT2D eigenvalue weighted by Crippen LogP contribution is -2.42. The van der Waals surface area contributed by atoms with Crippen molar-refractivity contribution in [1.29, 1.82) is 0 Å². The minimum Gasteiger partial charge on any atom is -0.416 e. The highest BCUT2D eigenvalue weighted by molar-refractivity contribution is 6.74. The summed E-state index contributed by atoms with van der Waals surface area (Å²) < 4.78 is 6.47. The molecular formula is C19H28ClN5OSi. The molecule has 0 amide bonds. The summed E-state index contributed by atoms with van der Waals surface area (Å²) in [4.78, 5) is 15.2. The number of nitrogen functional groups attached to an aromatic ring is 1. The number of nitrogens with zero attached hydrogens (tertiary/aromatic N) is 4. The Bertz CT molecular complexity index is 810. The van der Waals surface area contributed by atoms with E-state index in [1.807, 2.05) is 18.2 Å². The minimum absolute atomic E-state index is 0.117. The molecule has 0 saturated carbocycles. The third-order valence-electron chi connectivity index (χ3n) is 5.58. The van der Waals surface area contributed by atoms with E-state index in [9.17, 15) is 0 Å². The van der Waals surface area contributed by atoms with E-state index >= 15 is 0 Å². The molecule has 1 unspecified atom stereocenters. The van der Waals surface area contributed by atoms with E-state index in [0.29, 0.717) is 18.3 Å². The van der Waals surface area contributed by atoms with Crippen molar-refractivity contribution in [3.05, 3.63) is 40.8 Å². The monoisotopic (exact) mass is 405 g/mol. The lowest BCUT2D eigenvalue weighted by molar-refractivity contribution is 0.267. The average molecular weight is 406 g/mol. The Balaban J connectivity index is 1.85. The predicted octanol–water partition coefficient (Wildman–Crippen LogP) is 4.23. The fourth-order valence-electron chi connectivity index (χ4n) is 2.97. The number of halogens is 1. The van der Waals surface area contributed by atoms with Crippen LogP contribution in [0.5, 0.6) is 0 Å². The van der Waals surface area contributed by atoms with E-state index < -0.39 is 8.32 Å². The van der Waals surface area contributed by atoms with Gasteiger partial charge < -0.3 is 15.1 Å². The molecule has 0 aromatic carbocycles. The number of fused-ring (bicyclic) bond motifs is 1. The first-order valence-corrected chi connectivity index (χ1v) is 12.5. The zero-order valence-electron chi connectivity index (χ0n) is 16.7. The lowest BCUT2D eigenvalue weighted by atomic mass is 10.1. The molecule has 6 nitrogen and oxygen atoms in total. The molecule has 146 valence electrons. The molecule has 2 N–H and O–H groups in total. The summed E-state index contributed by atoms with van der Waals surface area (Å²) in [6, 6.07) is 5.90. The topological polar surface area (TPSA) is 77.2 Å². The lowest BCUT2D eigenvalue weighted by Gasteiger charge is -2.37. The van der Waals surface area contributed by atoms with Crippen LogP contribution in [0.1, 0.15) is 37.9 Å². The van der Waals surface area contributed by atoms with Gasteiger partial charge in [0.25, 0.3) is 0 Å². The van der Waals surface area contributed by atoms with Gasteiger partial charge in [0.1, 0.15) is 11.0 Å². The van der Waals surface area contributed by atoms with Gasteiger partial charge in [-0.25, -0.2) is 4.98 Å². The maximum absolute atomic E-state index is 6.47. The van der Waals surface area contributed by atoms with Crippen LogP contribution >= 0.6 is 11.6 Å². The second-order valence-corrected chi connectivity index (χ2v) is 13.7. The molecule has 1 aliphatic rings. The minimum atomic E-state index is -1.86. The highest BCUT2D eigenvalue weighted by Crippen LogP contribution is 2.42. The summed E-state index contributed by atoms with van der Waals surface area (Å²) in [5.74, 6) is 1.10. The van der Waals surface area contributed by atoms with E-state index in [1.54, 1.807) is 6.20 Å². The van der Waals surface area contributed by atoms with Crippen LogP contribution in [-0.2, 0) is 11.0 Å². The Morgan fingerprint density at radius 2 is 2.04 bits per heavy atom. The Hall–Kier alpha value is -1.70. The zero-order chi connectivity index (χ0) is 19.8. The highest BCUT2D eigenvalue weighted by Gasteiger charge is 2.40. The summed E-state index contributed by atoms with van der Waals surface area (Å²) in [7, 11) is -1.86. The van der Waals surface area contributed by atoms with Gasteiger partial charge in [0.2, 0.25) is 5.95 Å². The van der Waals surface area contributed by atoms with Gasteiger partial charge in [-0.15, -0.1) is 0 Å². The molecule has 0 spiro atoms. The molecule has 0 radical (unpaired) electrons. The van der Waals surface area contributed by atoms with E-state index in [1.165, 1.54) is 0 Å². The van der Waals surface area contributed by atoms with Crippen LogP contribution in [0.4, 0.5) is 11.8 Å². The number of anilines is 2. The van der Waals surface area contributed by atoms with E-state index in [-0.39, 0.29) is 16.9 Å². The average Bonchev–Trinajstić information content (AvgIpc) is 2.91. The van der Waals surface area contributed by atoms with E-state index in [4.69, 9.17) is 21.8 Å². The van der Waals surface area contributed by atoms with Crippen molar-refractivity contribution in [2.45, 2.75) is 51.4 Å². The van der Waals surface area contributed by atoms with Gasteiger partial charge in [-0.05, 0) is 30.3 Å². The fraction of sp³-hybridized carbons (Fsp3) is 0.526. The predicted molar refractivity (Wildman–Crippen MR) is 113 cm³/mol. The van der Waals surface area contributed by atoms with Crippen molar-refractivity contribution in [3.8, 4) is 0 Å². The fourth-order valence-corrected chi connectivity index (χ4v) is 4.35. The number of hydrogen-bond acceptors (Lipinski definition) is 6. The first-order valence-electron chi connectivity index (χ1n) is 9.20. The molecular weight excluding hydrogens is 378 g/mol. The van der Waals surface area contributed by atoms with Crippen LogP contribution in [0.15, 0.2) is 24.4 Å². The van der Waals surface area contributed by atoms with Gasteiger partial charge in [0, 0.05) is 30.8 Å². The van der Waals surface area contributed by atoms with Gasteiger partial charge in [0.05, 0.1) is 12.2 Å². The van der Waals surface area contributed by atoms with Crippen molar-refractivity contribution in [2.75, 3.05) is 23.8 Å². The summed E-state index contributed by atoms with van der Waals surface area (Å²) >= 11 is 6.46. The van der Waals surface area contributed by atoms with E-state index in [2.05, 4.69) is 53.7 Å². The maximum atomic E-state index is 6.47. The van der Waals surface area contributed by atoms with Crippen molar-refractivity contribution in [1.82, 2.24) is 15.0 Å². The summed E-state index contributed by atoms with van der Waals surface area (Å²) in [6.45, 7) is 13.3. The van der Waals surface area contributed by atoms with Gasteiger partial charge in [-0.3, -0.25) is 4.98 Å². The van der Waals surface area contributed by atoms with Crippen LogP contribution in [0, 0.1) is 0 Å². The molecule has 3 heterocycles. The normalized spacial score (nSPS) is 17.3. The van der Waals surface area contributed by atoms with Crippen molar-refractivity contribution >= 4 is 31.7 Å². The van der Waals surface area contributed by atoms with Crippen molar-refractivity contribution in [3.63, 3.8) is 0 Å². The number of aromatic nitrogens is 3. The second-order valence-electron chi connectivity index (χ2n) is 8.58. The summed E-state index contributed by atoms with van der Waals surface area (Å²) in [5, 5.41) is 0.577. The molecule has 2 aromatic heterocycles. The first-order chi connectivity index (χ1) is 12.6. The summed E-state index contributed by atoms with van der Waals surface area (Å²) in [6.07, 6.45) is 1.80. The van der Waals surface area contributed by atoms with E-state index in [0.717, 1.165) is 23.6 Å². The van der Waals surface area contributed by atoms with Crippen LogP contribution in [0.25, 0.3) is 0 Å². The SMILES string of the molecule is CC(C)(C)[Si](C)(C)OCC1CN(Cc2ccccn2)c2nc(N)nc(Cl)c21. The molecule has 0 saturated heterocycles. The van der Waals surface area contributed by atoms with Gasteiger partial charge >= 0.3 is 0 Å². The molecule has 1 atom stereocenters. The van der Waals surface area contributed by atoms with Gasteiger partial charge in [0.15, 0.2) is 8.32 Å². The third kappa shape index (κ3) is 4.25.